The van der Waals surface area contributed by atoms with Gasteiger partial charge in [-0.3, -0.25) is 19.3 Å². The topological polar surface area (TPSA) is 130 Å². The Balaban J connectivity index is 2.17. The average Bonchev–Trinajstić information content (AvgIpc) is 2.85. The van der Waals surface area contributed by atoms with Crippen LogP contribution in [0, 0.1) is 0 Å². The van der Waals surface area contributed by atoms with E-state index in [1.165, 1.54) is 12.2 Å². The first-order valence-electron chi connectivity index (χ1n) is 8.21. The molecule has 1 unspecified atom stereocenters. The van der Waals surface area contributed by atoms with E-state index in [9.17, 15) is 19.2 Å². The lowest BCUT2D eigenvalue weighted by atomic mass is 10.1. The van der Waals surface area contributed by atoms with Crippen molar-refractivity contribution in [1.82, 2.24) is 10.2 Å². The predicted octanol–water partition coefficient (Wildman–Crippen LogP) is 0.170. The first-order valence-corrected chi connectivity index (χ1v) is 8.21. The molecule has 0 bridgehead atoms. The molecule has 0 aliphatic carbocycles. The van der Waals surface area contributed by atoms with Crippen LogP contribution in [-0.4, -0.2) is 52.8 Å². The number of nitrogens with one attached hydrogen (secondary N) is 1. The molecule has 4 N–H and O–H groups in total. The van der Waals surface area contributed by atoms with Gasteiger partial charge < -0.3 is 16.2 Å². The molecule has 134 valence electrons. The Morgan fingerprint density at radius 2 is 1.75 bits per heavy atom. The van der Waals surface area contributed by atoms with Crippen LogP contribution < -0.4 is 11.1 Å². The third kappa shape index (κ3) is 6.91. The van der Waals surface area contributed by atoms with E-state index in [2.05, 4.69) is 5.32 Å². The molecule has 1 atom stereocenters. The Labute approximate surface area is 141 Å². The van der Waals surface area contributed by atoms with Crippen molar-refractivity contribution in [2.45, 2.75) is 51.0 Å². The van der Waals surface area contributed by atoms with Crippen molar-refractivity contribution >= 4 is 23.7 Å². The van der Waals surface area contributed by atoms with Crippen LogP contribution in [-0.2, 0) is 19.2 Å². The van der Waals surface area contributed by atoms with Gasteiger partial charge in [-0.15, -0.1) is 0 Å². The summed E-state index contributed by atoms with van der Waals surface area (Å²) in [7, 11) is 0. The van der Waals surface area contributed by atoms with Gasteiger partial charge in [-0.2, -0.15) is 0 Å². The molecule has 0 fully saturated rings. The molecule has 0 aromatic carbocycles. The van der Waals surface area contributed by atoms with Gasteiger partial charge in [-0.1, -0.05) is 6.42 Å². The number of imide groups is 1. The fourth-order valence-corrected chi connectivity index (χ4v) is 2.40. The molecule has 0 aromatic rings. The molecule has 1 aliphatic heterocycles. The molecular formula is C16H25N3O5. The SMILES string of the molecule is NCCCCC(NC(=O)CCCCCN1C(=O)C=CC1=O)C(=O)O. The zero-order valence-electron chi connectivity index (χ0n) is 13.7. The molecule has 0 radical (unpaired) electrons. The van der Waals surface area contributed by atoms with Crippen LogP contribution in [0.5, 0.6) is 0 Å². The summed E-state index contributed by atoms with van der Waals surface area (Å²) in [6.45, 7) is 0.834. The Morgan fingerprint density at radius 3 is 2.33 bits per heavy atom. The fourth-order valence-electron chi connectivity index (χ4n) is 2.40. The molecule has 8 heteroatoms. The number of aliphatic carboxylic acids is 1. The lowest BCUT2D eigenvalue weighted by Crippen LogP contribution is -2.40. The number of carboxylic acid groups (broad SMARTS) is 1. The Bertz CT molecular complexity index is 486. The van der Waals surface area contributed by atoms with Crippen molar-refractivity contribution in [3.05, 3.63) is 12.2 Å². The van der Waals surface area contributed by atoms with Crippen molar-refractivity contribution < 1.29 is 24.3 Å². The first kappa shape index (κ1) is 19.8. The Hall–Kier alpha value is -2.22. The van der Waals surface area contributed by atoms with Gasteiger partial charge in [-0.05, 0) is 38.6 Å². The van der Waals surface area contributed by atoms with Crippen LogP contribution in [0.15, 0.2) is 12.2 Å². The quantitative estimate of drug-likeness (QED) is 0.343. The molecule has 3 amide bonds. The van der Waals surface area contributed by atoms with Crippen LogP contribution in [0.25, 0.3) is 0 Å². The summed E-state index contributed by atoms with van der Waals surface area (Å²) in [6, 6.07) is -0.880. The summed E-state index contributed by atoms with van der Waals surface area (Å²) in [5.74, 6) is -1.96. The second-order valence-corrected chi connectivity index (χ2v) is 5.71. The summed E-state index contributed by atoms with van der Waals surface area (Å²) in [5, 5.41) is 11.6. The number of nitrogens with zero attached hydrogens (tertiary/aromatic N) is 1. The van der Waals surface area contributed by atoms with Crippen molar-refractivity contribution in [1.29, 1.82) is 0 Å². The van der Waals surface area contributed by atoms with Crippen LogP contribution in [0.3, 0.4) is 0 Å². The van der Waals surface area contributed by atoms with Crippen LogP contribution in [0.1, 0.15) is 44.9 Å². The maximum absolute atomic E-state index is 11.8. The summed E-state index contributed by atoms with van der Waals surface area (Å²) in [6.07, 6.45) is 6.32. The zero-order chi connectivity index (χ0) is 17.9. The molecule has 1 aliphatic rings. The zero-order valence-corrected chi connectivity index (χ0v) is 13.7. The minimum absolute atomic E-state index is 0.223. The second kappa shape index (κ2) is 10.5. The maximum atomic E-state index is 11.8. The van der Waals surface area contributed by atoms with E-state index in [0.29, 0.717) is 45.2 Å². The number of nitrogens with two attached hydrogens (primary N) is 1. The summed E-state index contributed by atoms with van der Waals surface area (Å²) >= 11 is 0. The van der Waals surface area contributed by atoms with Gasteiger partial charge in [0.2, 0.25) is 5.91 Å². The Kier molecular flexibility index (Phi) is 8.70. The molecule has 0 spiro atoms. The smallest absolute Gasteiger partial charge is 0.326 e. The molecule has 1 heterocycles. The van der Waals surface area contributed by atoms with Gasteiger partial charge in [-0.25, -0.2) is 4.79 Å². The highest BCUT2D eigenvalue weighted by Gasteiger charge is 2.22. The molecule has 0 saturated carbocycles. The van der Waals surface area contributed by atoms with Gasteiger partial charge in [0.05, 0.1) is 0 Å². The number of amides is 3. The summed E-state index contributed by atoms with van der Waals surface area (Å²) in [5.41, 5.74) is 5.36. The van der Waals surface area contributed by atoms with E-state index in [1.54, 1.807) is 0 Å². The molecule has 24 heavy (non-hydrogen) atoms. The number of hydrogen-bond acceptors (Lipinski definition) is 5. The van der Waals surface area contributed by atoms with Gasteiger partial charge in [0.1, 0.15) is 6.04 Å². The number of hydrogen-bond donors (Lipinski definition) is 3. The van der Waals surface area contributed by atoms with Crippen LogP contribution >= 0.6 is 0 Å². The van der Waals surface area contributed by atoms with Crippen molar-refractivity contribution in [2.75, 3.05) is 13.1 Å². The Morgan fingerprint density at radius 1 is 1.08 bits per heavy atom. The van der Waals surface area contributed by atoms with E-state index in [-0.39, 0.29) is 24.1 Å². The van der Waals surface area contributed by atoms with Crippen molar-refractivity contribution in [2.24, 2.45) is 5.73 Å². The normalized spacial score (nSPS) is 15.0. The van der Waals surface area contributed by atoms with E-state index in [0.717, 1.165) is 11.3 Å². The number of carbonyl (C=O) groups excluding carboxylic acids is 3. The maximum Gasteiger partial charge on any atom is 0.326 e. The van der Waals surface area contributed by atoms with Gasteiger partial charge in [0, 0.05) is 25.1 Å². The van der Waals surface area contributed by atoms with Crippen molar-refractivity contribution in [3.8, 4) is 0 Å². The molecule has 0 aromatic heterocycles. The standard InChI is InChI=1S/C16H25N3O5/c17-10-4-3-6-12(16(23)24)18-13(20)7-2-1-5-11-19-14(21)8-9-15(19)22/h8-9,12H,1-7,10-11,17H2,(H,18,20)(H,23,24). The average molecular weight is 339 g/mol. The lowest BCUT2D eigenvalue weighted by molar-refractivity contribution is -0.142. The highest BCUT2D eigenvalue weighted by atomic mass is 16.4. The number of carbonyl (C=O) groups is 4. The second-order valence-electron chi connectivity index (χ2n) is 5.71. The van der Waals surface area contributed by atoms with E-state index in [4.69, 9.17) is 10.8 Å². The largest absolute Gasteiger partial charge is 0.480 e. The number of carboxylic acids is 1. The van der Waals surface area contributed by atoms with E-state index in [1.807, 2.05) is 0 Å². The van der Waals surface area contributed by atoms with E-state index < -0.39 is 12.0 Å². The third-order valence-electron chi connectivity index (χ3n) is 3.77. The summed E-state index contributed by atoms with van der Waals surface area (Å²) in [4.78, 5) is 46.7. The van der Waals surface area contributed by atoms with Crippen molar-refractivity contribution in [3.63, 3.8) is 0 Å². The van der Waals surface area contributed by atoms with Crippen LogP contribution in [0.4, 0.5) is 0 Å². The van der Waals surface area contributed by atoms with Gasteiger partial charge in [0.25, 0.3) is 11.8 Å². The highest BCUT2D eigenvalue weighted by Crippen LogP contribution is 2.08. The third-order valence-corrected chi connectivity index (χ3v) is 3.77. The van der Waals surface area contributed by atoms with Gasteiger partial charge in [0.15, 0.2) is 0 Å². The predicted molar refractivity (Wildman–Crippen MR) is 86.8 cm³/mol. The highest BCUT2D eigenvalue weighted by molar-refractivity contribution is 6.12. The molecule has 0 saturated heterocycles. The lowest BCUT2D eigenvalue weighted by Gasteiger charge is -2.15. The van der Waals surface area contributed by atoms with Gasteiger partial charge >= 0.3 is 5.97 Å². The molecule has 8 nitrogen and oxygen atoms in total. The first-order chi connectivity index (χ1) is 11.5. The van der Waals surface area contributed by atoms with Crippen LogP contribution in [0.2, 0.25) is 0 Å². The molecule has 1 rings (SSSR count). The summed E-state index contributed by atoms with van der Waals surface area (Å²) < 4.78 is 0. The number of rotatable bonds is 12. The minimum atomic E-state index is -1.04. The van der Waals surface area contributed by atoms with E-state index >= 15 is 0 Å². The minimum Gasteiger partial charge on any atom is -0.480 e. The fraction of sp³-hybridized carbons (Fsp3) is 0.625. The number of unbranched alkanes of at least 4 members (excludes halogenated alkanes) is 3. The monoisotopic (exact) mass is 339 g/mol. The molecular weight excluding hydrogens is 314 g/mol.